The summed E-state index contributed by atoms with van der Waals surface area (Å²) in [7, 11) is 0. The van der Waals surface area contributed by atoms with Crippen LogP contribution >= 0.6 is 0 Å². The number of hydrogen-bond donors (Lipinski definition) is 9. The Morgan fingerprint density at radius 1 is 0.438 bits per heavy atom. The molecule has 0 aromatic heterocycles. The van der Waals surface area contributed by atoms with Crippen LogP contribution in [0.2, 0.25) is 0 Å². The van der Waals surface area contributed by atoms with Crippen molar-refractivity contribution in [1.29, 1.82) is 0 Å². The summed E-state index contributed by atoms with van der Waals surface area (Å²) in [6, 6.07) is 6.00. The number of amides is 8. The molecule has 27 heteroatoms. The average molecular weight is 1260 g/mol. The normalized spacial score (nSPS) is 13.2. The molecule has 1 aromatic rings. The Labute approximate surface area is 528 Å². The van der Waals surface area contributed by atoms with Crippen molar-refractivity contribution in [2.45, 2.75) is 241 Å². The van der Waals surface area contributed by atoms with Gasteiger partial charge in [0.05, 0.1) is 0 Å². The van der Waals surface area contributed by atoms with Gasteiger partial charge in [0.25, 0.3) is 0 Å². The predicted molar refractivity (Wildman–Crippen MR) is 342 cm³/mol. The maximum atomic E-state index is 13.8. The van der Waals surface area contributed by atoms with E-state index >= 15 is 0 Å². The Morgan fingerprint density at radius 2 is 0.798 bits per heavy atom. The molecule has 1 rings (SSSR count). The third-order valence-corrected chi connectivity index (χ3v) is 11.3. The van der Waals surface area contributed by atoms with Gasteiger partial charge in [0, 0.05) is 32.7 Å². The third-order valence-electron chi connectivity index (χ3n) is 11.3. The Kier molecular flexibility index (Phi) is 35.1. The summed E-state index contributed by atoms with van der Waals surface area (Å²) in [5, 5.41) is 22.1. The fourth-order valence-corrected chi connectivity index (χ4v) is 7.70. The molecule has 1 aromatic carbocycles. The predicted octanol–water partition coefficient (Wildman–Crippen LogP) is 8.60. The van der Waals surface area contributed by atoms with Crippen LogP contribution < -0.4 is 53.0 Å². The van der Waals surface area contributed by atoms with Crippen LogP contribution in [0.5, 0.6) is 5.75 Å². The van der Waals surface area contributed by atoms with Gasteiger partial charge in [-0.05, 0) is 233 Å². The van der Waals surface area contributed by atoms with Gasteiger partial charge < -0.3 is 70.8 Å². The molecule has 8 amide bonds. The molecule has 0 radical (unpaired) electrons. The lowest BCUT2D eigenvalue weighted by Gasteiger charge is -2.25. The van der Waals surface area contributed by atoms with Gasteiger partial charge in [-0.25, -0.2) is 28.8 Å². The lowest BCUT2D eigenvalue weighted by Crippen LogP contribution is -2.49. The van der Waals surface area contributed by atoms with Crippen LogP contribution in [0.1, 0.15) is 194 Å². The highest BCUT2D eigenvalue weighted by Gasteiger charge is 2.28. The second kappa shape index (κ2) is 39.1. The van der Waals surface area contributed by atoms with E-state index < -0.39 is 94.1 Å². The lowest BCUT2D eigenvalue weighted by atomic mass is 10.1. The van der Waals surface area contributed by atoms with E-state index in [1.54, 1.807) is 125 Å². The number of carbonyl (C=O) groups excluding carboxylic acids is 8. The minimum atomic E-state index is -0.976. The molecule has 0 aliphatic rings. The number of unbranched alkanes of at least 4 members (excludes halogenated alkanes) is 3. The number of rotatable bonds is 30. The maximum Gasteiger partial charge on any atom is 0.437 e. The van der Waals surface area contributed by atoms with Crippen LogP contribution in [0.15, 0.2) is 34.3 Å². The molecule has 2 atom stereocenters. The molecule has 0 aliphatic heterocycles. The Bertz CT molecular complexity index is 2280. The number of guanidine groups is 2. The largest absolute Gasteiger partial charge is 0.492 e. The number of aliphatic imine (C=N–C) groups is 2. The average Bonchev–Trinajstić information content (AvgIpc) is 3.43. The fourth-order valence-electron chi connectivity index (χ4n) is 7.70. The standard InChI is InChI=1S/C62H110N12O15/c1-57(2,3)84-51(77)68-45(28-20-23-35-66-49(70-53(79)86-59(7,8)9)71-54(80)87-60(10,11)12)47(75)64-37-25-39-74(41-42-83-44-32-30-43(31-33-44)27-19-22-34-63)40-26-38-65-48(76)46(69-52(78)85-58(4,5)6)29-21-24-36-67-50(72-55(81)88-61(13,14)15)73-56(82)89-62(16,17)18/h30-33,45-46H,19-29,34-42,63H2,1-18H3,(H,64,75)(H,65,76)(H,68,77)(H,69,78)(H2,66,70,71,79,80)(H2,67,72,73,81,82)/t45-,46-/m0/s1. The second-order valence-corrected chi connectivity index (χ2v) is 27.2. The second-order valence-electron chi connectivity index (χ2n) is 27.2. The lowest BCUT2D eigenvalue weighted by molar-refractivity contribution is -0.124. The van der Waals surface area contributed by atoms with Gasteiger partial charge in [-0.1, -0.05) is 12.1 Å². The van der Waals surface area contributed by atoms with Crippen LogP contribution in [0, 0.1) is 0 Å². The van der Waals surface area contributed by atoms with E-state index in [9.17, 15) is 38.4 Å². The maximum absolute atomic E-state index is 13.8. The summed E-state index contributed by atoms with van der Waals surface area (Å²) in [6.07, 6.45) is 0.891. The van der Waals surface area contributed by atoms with Gasteiger partial charge in [0.2, 0.25) is 23.7 Å². The summed E-state index contributed by atoms with van der Waals surface area (Å²) in [4.78, 5) is 114. The van der Waals surface area contributed by atoms with E-state index in [1.165, 1.54) is 5.56 Å². The van der Waals surface area contributed by atoms with Gasteiger partial charge in [0.15, 0.2) is 0 Å². The smallest absolute Gasteiger partial charge is 0.437 e. The van der Waals surface area contributed by atoms with Crippen molar-refractivity contribution in [1.82, 2.24) is 47.4 Å². The molecule has 10 N–H and O–H groups in total. The molecule has 0 heterocycles. The van der Waals surface area contributed by atoms with Crippen molar-refractivity contribution >= 4 is 60.3 Å². The molecule has 0 bridgehead atoms. The number of hydrogen-bond acceptors (Lipinski definition) is 17. The topological polar surface area (TPSA) is 351 Å². The molecule has 0 saturated carbocycles. The number of benzene rings is 1. The van der Waals surface area contributed by atoms with E-state index in [0.29, 0.717) is 77.1 Å². The van der Waals surface area contributed by atoms with Crippen molar-refractivity contribution in [2.24, 2.45) is 15.7 Å². The summed E-state index contributed by atoms with van der Waals surface area (Å²) in [6.45, 7) is 34.0. The number of carbonyl (C=O) groups is 8. The highest BCUT2D eigenvalue weighted by molar-refractivity contribution is 5.99. The van der Waals surface area contributed by atoms with Gasteiger partial charge in [-0.2, -0.15) is 0 Å². The van der Waals surface area contributed by atoms with Gasteiger partial charge in [-0.15, -0.1) is 9.98 Å². The van der Waals surface area contributed by atoms with Crippen LogP contribution in [-0.4, -0.2) is 170 Å². The van der Waals surface area contributed by atoms with Crippen LogP contribution in [-0.2, 0) is 44.4 Å². The fraction of sp³-hybridized carbons (Fsp3) is 0.742. The molecular formula is C62H110N12O15. The highest BCUT2D eigenvalue weighted by Crippen LogP contribution is 2.16. The molecule has 0 unspecified atom stereocenters. The van der Waals surface area contributed by atoms with E-state index in [0.717, 1.165) is 19.3 Å². The zero-order chi connectivity index (χ0) is 67.7. The third kappa shape index (κ3) is 44.9. The Hall–Kier alpha value is -7.16. The zero-order valence-electron chi connectivity index (χ0n) is 56.6. The monoisotopic (exact) mass is 1260 g/mol. The SMILES string of the molecule is CC(C)(C)OC(=O)/N=C(\NCCCC[C@H](NC(=O)OC(C)(C)C)C(=O)NCCCN(CCCNC(=O)[C@H](CCCCN/C(=N\C(=O)OC(C)(C)C)NC(=O)OC(C)(C)C)NC(=O)OC(C)(C)C)CCOc1ccc(CCCCN)cc1)NC(=O)OC(C)(C)C. The van der Waals surface area contributed by atoms with E-state index in [4.69, 9.17) is 38.9 Å². The van der Waals surface area contributed by atoms with Crippen molar-refractivity contribution < 1.29 is 71.5 Å². The summed E-state index contributed by atoms with van der Waals surface area (Å²) >= 11 is 0. The first kappa shape index (κ1) is 79.9. The first-order chi connectivity index (χ1) is 41.1. The first-order valence-corrected chi connectivity index (χ1v) is 30.9. The summed E-state index contributed by atoms with van der Waals surface area (Å²) in [5.41, 5.74) is 1.88. The summed E-state index contributed by atoms with van der Waals surface area (Å²) < 4.78 is 38.4. The first-order valence-electron chi connectivity index (χ1n) is 30.9. The highest BCUT2D eigenvalue weighted by atomic mass is 16.6. The minimum absolute atomic E-state index is 0.183. The molecule has 0 spiro atoms. The van der Waals surface area contributed by atoms with Crippen molar-refractivity contribution in [3.05, 3.63) is 29.8 Å². The van der Waals surface area contributed by atoms with E-state index in [-0.39, 0.29) is 50.9 Å². The van der Waals surface area contributed by atoms with Gasteiger partial charge in [-0.3, -0.25) is 25.1 Å². The molecule has 27 nitrogen and oxygen atoms in total. The number of nitrogens with zero attached hydrogens (tertiary/aromatic N) is 3. The summed E-state index contributed by atoms with van der Waals surface area (Å²) in [5.74, 6) is -0.507. The number of alkyl carbamates (subject to hydrolysis) is 4. The minimum Gasteiger partial charge on any atom is -0.492 e. The van der Waals surface area contributed by atoms with E-state index in [1.807, 2.05) is 24.3 Å². The molecule has 0 aliphatic carbocycles. The van der Waals surface area contributed by atoms with Gasteiger partial charge >= 0.3 is 36.6 Å². The van der Waals surface area contributed by atoms with Crippen LogP contribution in [0.3, 0.4) is 0 Å². The molecule has 0 saturated heterocycles. The molecule has 0 fully saturated rings. The van der Waals surface area contributed by atoms with Crippen molar-refractivity contribution in [2.75, 3.05) is 59.0 Å². The van der Waals surface area contributed by atoms with Crippen LogP contribution in [0.25, 0.3) is 0 Å². The van der Waals surface area contributed by atoms with Crippen molar-refractivity contribution in [3.8, 4) is 5.75 Å². The van der Waals surface area contributed by atoms with Crippen molar-refractivity contribution in [3.63, 3.8) is 0 Å². The number of nitrogens with one attached hydrogen (secondary N) is 8. The van der Waals surface area contributed by atoms with Crippen LogP contribution in [0.4, 0.5) is 28.8 Å². The molecule has 89 heavy (non-hydrogen) atoms. The molecular weight excluding hydrogens is 1150 g/mol. The van der Waals surface area contributed by atoms with Gasteiger partial charge in [0.1, 0.15) is 58.0 Å². The number of aryl methyl sites for hydroxylation is 1. The quantitative estimate of drug-likeness (QED) is 0.0151. The Balaban J connectivity index is 3.20. The van der Waals surface area contributed by atoms with E-state index in [2.05, 4.69) is 57.4 Å². The number of ether oxygens (including phenoxy) is 7. The zero-order valence-corrected chi connectivity index (χ0v) is 56.6. The molecule has 508 valence electrons. The number of nitrogens with two attached hydrogens (primary N) is 1. The Morgan fingerprint density at radius 3 is 1.16 bits per heavy atom.